The molecule has 2 heterocycles. The van der Waals surface area contributed by atoms with E-state index in [-0.39, 0.29) is 25.4 Å². The first-order valence-electron chi connectivity index (χ1n) is 9.52. The van der Waals surface area contributed by atoms with Gasteiger partial charge in [-0.15, -0.1) is 17.8 Å². The van der Waals surface area contributed by atoms with Crippen molar-refractivity contribution in [1.29, 1.82) is 0 Å². The minimum atomic E-state index is -0.704. The molecule has 0 unspecified atom stereocenters. The summed E-state index contributed by atoms with van der Waals surface area (Å²) in [4.78, 5) is 34.9. The molecule has 0 spiro atoms. The third-order valence-corrected chi connectivity index (χ3v) is 5.35. The number of carbonyl (C=O) groups is 1. The number of nitrogens with one attached hydrogen (secondary N) is 1. The number of aliphatic hydroxyl groups excluding tert-OH is 1. The maximum absolute atomic E-state index is 12.6. The van der Waals surface area contributed by atoms with Crippen molar-refractivity contribution in [1.82, 2.24) is 14.9 Å². The largest absolute Gasteiger partial charge is 0.462 e. The number of hydrogen-bond donors (Lipinski definition) is 2. The molecule has 0 aromatic carbocycles. The molecule has 0 aliphatic rings. The zero-order valence-electron chi connectivity index (χ0n) is 17.0. The van der Waals surface area contributed by atoms with Crippen LogP contribution >= 0.6 is 11.3 Å². The topological polar surface area (TPSA) is 105 Å². The van der Waals surface area contributed by atoms with Gasteiger partial charge in [0, 0.05) is 6.54 Å². The highest BCUT2D eigenvalue weighted by atomic mass is 32.1. The van der Waals surface area contributed by atoms with Crippen molar-refractivity contribution in [3.8, 4) is 12.3 Å². The molecule has 1 atom stereocenters. The number of ether oxygens (including phenoxy) is 2. The Kier molecular flexibility index (Phi) is 8.79. The van der Waals surface area contributed by atoms with E-state index >= 15 is 0 Å². The molecular weight excluding hydrogens is 394 g/mol. The van der Waals surface area contributed by atoms with Gasteiger partial charge in [-0.2, -0.15) is 0 Å². The molecule has 2 rings (SSSR count). The van der Waals surface area contributed by atoms with Crippen LogP contribution in [0, 0.1) is 19.3 Å². The Bertz CT molecular complexity index is 931. The molecule has 0 aliphatic carbocycles. The van der Waals surface area contributed by atoms with E-state index in [9.17, 15) is 14.7 Å². The summed E-state index contributed by atoms with van der Waals surface area (Å²) in [5.74, 6) is 2.39. The molecule has 2 aromatic rings. The van der Waals surface area contributed by atoms with Crippen molar-refractivity contribution in [2.45, 2.75) is 39.8 Å². The normalized spacial score (nSPS) is 12.3. The van der Waals surface area contributed by atoms with E-state index in [1.54, 1.807) is 13.8 Å². The third-order valence-electron chi connectivity index (χ3n) is 4.19. The molecular formula is C20H27N3O5S. The Morgan fingerprint density at radius 3 is 2.86 bits per heavy atom. The zero-order chi connectivity index (χ0) is 21.4. The van der Waals surface area contributed by atoms with Crippen molar-refractivity contribution >= 4 is 27.5 Å². The first kappa shape index (κ1) is 23.0. The first-order chi connectivity index (χ1) is 13.9. The number of carbonyl (C=O) groups excluding carboxylic acids is 1. The van der Waals surface area contributed by atoms with E-state index in [2.05, 4.69) is 15.9 Å². The molecule has 0 radical (unpaired) electrons. The Balaban J connectivity index is 2.22. The number of H-pyrrole nitrogens is 1. The SMILES string of the molecule is C#CCOC[C@H](O)CN(CCC)Cc1nc2sc(C(=O)OCC)c(C)c2c(=O)[nH]1. The predicted octanol–water partition coefficient (Wildman–Crippen LogP) is 1.69. The van der Waals surface area contributed by atoms with Gasteiger partial charge in [-0.3, -0.25) is 9.69 Å². The number of nitrogens with zero attached hydrogens (tertiary/aromatic N) is 2. The number of rotatable bonds is 11. The Hall–Kier alpha value is -2.25. The van der Waals surface area contributed by atoms with E-state index in [0.29, 0.717) is 46.1 Å². The Labute approximate surface area is 173 Å². The van der Waals surface area contributed by atoms with Gasteiger partial charge in [0.15, 0.2) is 0 Å². The van der Waals surface area contributed by atoms with Crippen molar-refractivity contribution in [3.05, 3.63) is 26.6 Å². The number of terminal acetylenes is 1. The van der Waals surface area contributed by atoms with Crippen molar-refractivity contribution < 1.29 is 19.4 Å². The molecule has 158 valence electrons. The summed E-state index contributed by atoms with van der Waals surface area (Å²) in [6, 6.07) is 0. The fourth-order valence-corrected chi connectivity index (χ4v) is 4.12. The maximum atomic E-state index is 12.6. The minimum Gasteiger partial charge on any atom is -0.462 e. The van der Waals surface area contributed by atoms with E-state index in [1.807, 2.05) is 11.8 Å². The Morgan fingerprint density at radius 2 is 2.21 bits per heavy atom. The van der Waals surface area contributed by atoms with Crippen LogP contribution in [0.1, 0.15) is 41.3 Å². The second-order valence-electron chi connectivity index (χ2n) is 6.58. The highest BCUT2D eigenvalue weighted by Crippen LogP contribution is 2.27. The summed E-state index contributed by atoms with van der Waals surface area (Å²) in [5.41, 5.74) is 0.291. The molecule has 0 aliphatic heterocycles. The second kappa shape index (κ2) is 11.1. The number of fused-ring (bicyclic) bond motifs is 1. The van der Waals surface area contributed by atoms with Gasteiger partial charge in [0.05, 0.1) is 31.2 Å². The van der Waals surface area contributed by atoms with Crippen LogP contribution in [0.25, 0.3) is 10.2 Å². The molecule has 2 aromatic heterocycles. The lowest BCUT2D eigenvalue weighted by molar-refractivity contribution is 0.0256. The standard InChI is InChI=1S/C20H27N3O5S/c1-5-8-23(10-14(24)12-27-9-6-2)11-15-21-18(25)16-13(4)17(20(26)28-7-3)29-19(16)22-15/h2,14,24H,5,7-12H2,1,3-4H3,(H,21,22,25)/t14-/m1/s1. The monoisotopic (exact) mass is 421 g/mol. The number of thiophene rings is 1. The van der Waals surface area contributed by atoms with Gasteiger partial charge in [0.25, 0.3) is 5.56 Å². The van der Waals surface area contributed by atoms with Crippen molar-refractivity contribution in [2.24, 2.45) is 0 Å². The molecule has 29 heavy (non-hydrogen) atoms. The highest BCUT2D eigenvalue weighted by molar-refractivity contribution is 7.20. The average molecular weight is 422 g/mol. The van der Waals surface area contributed by atoms with Crippen LogP contribution in [-0.2, 0) is 16.0 Å². The molecule has 8 nitrogen and oxygen atoms in total. The van der Waals surface area contributed by atoms with Crippen LogP contribution in [0.3, 0.4) is 0 Å². The predicted molar refractivity (Wildman–Crippen MR) is 112 cm³/mol. The minimum absolute atomic E-state index is 0.139. The van der Waals surface area contributed by atoms with Crippen LogP contribution < -0.4 is 5.56 Å². The number of aliphatic hydroxyl groups is 1. The van der Waals surface area contributed by atoms with Crippen LogP contribution in [-0.4, -0.2) is 65.0 Å². The van der Waals surface area contributed by atoms with Gasteiger partial charge in [0.1, 0.15) is 22.1 Å². The summed E-state index contributed by atoms with van der Waals surface area (Å²) in [6.07, 6.45) is 5.30. The van der Waals surface area contributed by atoms with Gasteiger partial charge in [0.2, 0.25) is 0 Å². The number of hydrogen-bond acceptors (Lipinski definition) is 8. The summed E-state index contributed by atoms with van der Waals surface area (Å²) >= 11 is 1.16. The molecule has 0 saturated carbocycles. The lowest BCUT2D eigenvalue weighted by atomic mass is 10.2. The third kappa shape index (κ3) is 6.11. The fourth-order valence-electron chi connectivity index (χ4n) is 3.02. The average Bonchev–Trinajstić information content (AvgIpc) is 2.99. The first-order valence-corrected chi connectivity index (χ1v) is 10.3. The smallest absolute Gasteiger partial charge is 0.348 e. The lowest BCUT2D eigenvalue weighted by Crippen LogP contribution is -2.36. The van der Waals surface area contributed by atoms with Crippen LogP contribution in [0.5, 0.6) is 0 Å². The quantitative estimate of drug-likeness (QED) is 0.323. The number of aryl methyl sites for hydroxylation is 1. The molecule has 9 heteroatoms. The lowest BCUT2D eigenvalue weighted by Gasteiger charge is -2.23. The fraction of sp³-hybridized carbons (Fsp3) is 0.550. The van der Waals surface area contributed by atoms with Crippen LogP contribution in [0.4, 0.5) is 0 Å². The van der Waals surface area contributed by atoms with Gasteiger partial charge in [-0.1, -0.05) is 12.8 Å². The second-order valence-corrected chi connectivity index (χ2v) is 7.58. The molecule has 0 bridgehead atoms. The van der Waals surface area contributed by atoms with E-state index in [1.165, 1.54) is 0 Å². The zero-order valence-corrected chi connectivity index (χ0v) is 17.8. The molecule has 2 N–H and O–H groups in total. The highest BCUT2D eigenvalue weighted by Gasteiger charge is 2.21. The van der Waals surface area contributed by atoms with Gasteiger partial charge < -0.3 is 19.6 Å². The summed E-state index contributed by atoms with van der Waals surface area (Å²) < 4.78 is 10.2. The number of esters is 1. The number of aromatic nitrogens is 2. The van der Waals surface area contributed by atoms with E-state index in [4.69, 9.17) is 15.9 Å². The summed E-state index contributed by atoms with van der Waals surface area (Å²) in [7, 11) is 0. The molecule has 0 saturated heterocycles. The number of aromatic amines is 1. The van der Waals surface area contributed by atoms with Gasteiger partial charge in [-0.25, -0.2) is 9.78 Å². The maximum Gasteiger partial charge on any atom is 0.348 e. The molecule has 0 fully saturated rings. The van der Waals surface area contributed by atoms with Crippen molar-refractivity contribution in [3.63, 3.8) is 0 Å². The summed E-state index contributed by atoms with van der Waals surface area (Å²) in [5, 5.41) is 10.6. The van der Waals surface area contributed by atoms with Crippen molar-refractivity contribution in [2.75, 3.05) is 32.9 Å². The van der Waals surface area contributed by atoms with E-state index < -0.39 is 12.1 Å². The van der Waals surface area contributed by atoms with E-state index in [0.717, 1.165) is 17.8 Å². The van der Waals surface area contributed by atoms with Gasteiger partial charge in [-0.05, 0) is 32.4 Å². The summed E-state index contributed by atoms with van der Waals surface area (Å²) in [6.45, 7) is 7.47. The van der Waals surface area contributed by atoms with Crippen LogP contribution in [0.2, 0.25) is 0 Å². The Morgan fingerprint density at radius 1 is 1.45 bits per heavy atom. The molecule has 0 amide bonds. The van der Waals surface area contributed by atoms with Gasteiger partial charge >= 0.3 is 5.97 Å². The van der Waals surface area contributed by atoms with Crippen LogP contribution in [0.15, 0.2) is 4.79 Å².